The Morgan fingerprint density at radius 1 is 1.19 bits per heavy atom. The molecule has 0 saturated carbocycles. The van der Waals surface area contributed by atoms with Crippen LogP contribution in [0.5, 0.6) is 0 Å². The van der Waals surface area contributed by atoms with Gasteiger partial charge in [-0.3, -0.25) is 4.79 Å². The van der Waals surface area contributed by atoms with Crippen LogP contribution in [-0.4, -0.2) is 17.5 Å². The van der Waals surface area contributed by atoms with Crippen LogP contribution in [0.1, 0.15) is 30.5 Å². The van der Waals surface area contributed by atoms with Crippen molar-refractivity contribution in [1.29, 1.82) is 0 Å². The summed E-state index contributed by atoms with van der Waals surface area (Å²) in [5.41, 5.74) is 1.99. The van der Waals surface area contributed by atoms with Gasteiger partial charge in [0.05, 0.1) is 22.9 Å². The molecule has 0 fully saturated rings. The van der Waals surface area contributed by atoms with Gasteiger partial charge in [0.1, 0.15) is 11.6 Å². The van der Waals surface area contributed by atoms with Crippen LogP contribution in [0.25, 0.3) is 10.2 Å². The Morgan fingerprint density at radius 3 is 2.62 bits per heavy atom. The number of thiazole rings is 1. The average Bonchev–Trinajstić information content (AvgIpc) is 3.03. The molecule has 0 saturated heterocycles. The lowest BCUT2D eigenvalue weighted by Crippen LogP contribution is -2.34. The first-order valence-corrected chi connectivity index (χ1v) is 9.69. The van der Waals surface area contributed by atoms with E-state index in [2.05, 4.69) is 24.1 Å². The molecule has 0 aliphatic heterocycles. The van der Waals surface area contributed by atoms with E-state index < -0.39 is 0 Å². The molecule has 2 aromatic carbocycles. The molecular formula is C20H21ClN2O2S. The summed E-state index contributed by atoms with van der Waals surface area (Å²) in [4.78, 5) is 16.8. The number of benzene rings is 2. The second-order valence-electron chi connectivity index (χ2n) is 6.41. The molecule has 0 bridgehead atoms. The molecule has 4 nitrogen and oxygen atoms in total. The van der Waals surface area contributed by atoms with Gasteiger partial charge >= 0.3 is 0 Å². The SMILES string of the molecule is CC(C)C(NC(=O)COCc1nc2ccccc2s1)c1ccc(Cl)cc1. The van der Waals surface area contributed by atoms with E-state index in [1.165, 1.54) is 0 Å². The Hall–Kier alpha value is -1.95. The first-order valence-electron chi connectivity index (χ1n) is 8.50. The zero-order valence-corrected chi connectivity index (χ0v) is 16.3. The maximum Gasteiger partial charge on any atom is 0.246 e. The molecule has 26 heavy (non-hydrogen) atoms. The van der Waals surface area contributed by atoms with Crippen molar-refractivity contribution in [1.82, 2.24) is 10.3 Å². The number of carbonyl (C=O) groups excluding carboxylic acids is 1. The van der Waals surface area contributed by atoms with Gasteiger partial charge in [-0.05, 0) is 35.7 Å². The maximum absolute atomic E-state index is 12.3. The van der Waals surface area contributed by atoms with Crippen molar-refractivity contribution in [2.45, 2.75) is 26.5 Å². The van der Waals surface area contributed by atoms with E-state index in [-0.39, 0.29) is 24.5 Å². The van der Waals surface area contributed by atoms with Gasteiger partial charge in [0.15, 0.2) is 0 Å². The van der Waals surface area contributed by atoms with Crippen LogP contribution in [0, 0.1) is 5.92 Å². The zero-order chi connectivity index (χ0) is 18.5. The highest BCUT2D eigenvalue weighted by Gasteiger charge is 2.18. The van der Waals surface area contributed by atoms with Gasteiger partial charge in [-0.1, -0.05) is 49.7 Å². The number of carbonyl (C=O) groups is 1. The van der Waals surface area contributed by atoms with Crippen LogP contribution in [0.3, 0.4) is 0 Å². The van der Waals surface area contributed by atoms with Gasteiger partial charge < -0.3 is 10.1 Å². The minimum Gasteiger partial charge on any atom is -0.364 e. The van der Waals surface area contributed by atoms with E-state index in [1.807, 2.05) is 48.5 Å². The molecule has 0 aliphatic carbocycles. The third-order valence-electron chi connectivity index (χ3n) is 4.01. The summed E-state index contributed by atoms with van der Waals surface area (Å²) in [5, 5.41) is 4.60. The third-order valence-corrected chi connectivity index (χ3v) is 5.27. The first kappa shape index (κ1) is 18.8. The van der Waals surface area contributed by atoms with Crippen LogP contribution in [-0.2, 0) is 16.1 Å². The summed E-state index contributed by atoms with van der Waals surface area (Å²) < 4.78 is 6.68. The van der Waals surface area contributed by atoms with Gasteiger partial charge in [0, 0.05) is 5.02 Å². The normalized spacial score (nSPS) is 12.5. The van der Waals surface area contributed by atoms with Gasteiger partial charge in [0.25, 0.3) is 0 Å². The van der Waals surface area contributed by atoms with Crippen molar-refractivity contribution in [3.05, 3.63) is 64.1 Å². The van der Waals surface area contributed by atoms with E-state index >= 15 is 0 Å². The molecule has 1 amide bonds. The Morgan fingerprint density at radius 2 is 1.92 bits per heavy atom. The number of halogens is 1. The summed E-state index contributed by atoms with van der Waals surface area (Å²) in [6.07, 6.45) is 0. The number of nitrogens with one attached hydrogen (secondary N) is 1. The Labute approximate surface area is 162 Å². The van der Waals surface area contributed by atoms with E-state index in [0.29, 0.717) is 11.6 Å². The van der Waals surface area contributed by atoms with Crippen molar-refractivity contribution in [2.24, 2.45) is 5.92 Å². The van der Waals surface area contributed by atoms with Crippen molar-refractivity contribution in [3.63, 3.8) is 0 Å². The molecule has 1 unspecified atom stereocenters. The molecule has 0 radical (unpaired) electrons. The van der Waals surface area contributed by atoms with Crippen LogP contribution < -0.4 is 5.32 Å². The van der Waals surface area contributed by atoms with Gasteiger partial charge in [-0.15, -0.1) is 11.3 Å². The second-order valence-corrected chi connectivity index (χ2v) is 7.96. The minimum atomic E-state index is -0.139. The fourth-order valence-electron chi connectivity index (χ4n) is 2.73. The van der Waals surface area contributed by atoms with E-state index in [0.717, 1.165) is 20.8 Å². The number of hydrogen-bond acceptors (Lipinski definition) is 4. The van der Waals surface area contributed by atoms with E-state index in [1.54, 1.807) is 11.3 Å². The molecule has 3 rings (SSSR count). The van der Waals surface area contributed by atoms with Crippen LogP contribution in [0.15, 0.2) is 48.5 Å². The number of nitrogens with zero attached hydrogens (tertiary/aromatic N) is 1. The van der Waals surface area contributed by atoms with Crippen molar-refractivity contribution >= 4 is 39.1 Å². The Kier molecular flexibility index (Phi) is 6.25. The summed E-state index contributed by atoms with van der Waals surface area (Å²) in [6.45, 7) is 4.48. The lowest BCUT2D eigenvalue weighted by Gasteiger charge is -2.23. The number of ether oxygens (including phenoxy) is 1. The van der Waals surface area contributed by atoms with Gasteiger partial charge in [0.2, 0.25) is 5.91 Å². The van der Waals surface area contributed by atoms with Crippen molar-refractivity contribution in [3.8, 4) is 0 Å². The zero-order valence-electron chi connectivity index (χ0n) is 14.7. The lowest BCUT2D eigenvalue weighted by atomic mass is 9.96. The largest absolute Gasteiger partial charge is 0.364 e. The lowest BCUT2D eigenvalue weighted by molar-refractivity contribution is -0.127. The summed E-state index contributed by atoms with van der Waals surface area (Å²) in [6, 6.07) is 15.4. The fraction of sp³-hybridized carbons (Fsp3) is 0.300. The summed E-state index contributed by atoms with van der Waals surface area (Å²) in [7, 11) is 0. The molecule has 1 aromatic heterocycles. The standard InChI is InChI=1S/C20H21ClN2O2S/c1-13(2)20(14-7-9-15(21)10-8-14)23-18(24)11-25-12-19-22-16-5-3-4-6-17(16)26-19/h3-10,13,20H,11-12H2,1-2H3,(H,23,24). The number of amides is 1. The quantitative estimate of drug-likeness (QED) is 0.621. The molecule has 0 aliphatic rings. The number of fused-ring (bicyclic) bond motifs is 1. The highest BCUT2D eigenvalue weighted by Crippen LogP contribution is 2.24. The van der Waals surface area contributed by atoms with Crippen LogP contribution in [0.4, 0.5) is 0 Å². The topological polar surface area (TPSA) is 51.2 Å². The maximum atomic E-state index is 12.3. The average molecular weight is 389 g/mol. The van der Waals surface area contributed by atoms with Crippen LogP contribution in [0.2, 0.25) is 5.02 Å². The molecule has 1 N–H and O–H groups in total. The minimum absolute atomic E-state index is 0.00668. The van der Waals surface area contributed by atoms with E-state index in [4.69, 9.17) is 16.3 Å². The number of para-hydroxylation sites is 1. The Balaban J connectivity index is 1.54. The predicted molar refractivity (Wildman–Crippen MR) is 106 cm³/mol. The van der Waals surface area contributed by atoms with Crippen molar-refractivity contribution in [2.75, 3.05) is 6.61 Å². The molecule has 3 aromatic rings. The van der Waals surface area contributed by atoms with Crippen molar-refractivity contribution < 1.29 is 9.53 Å². The number of rotatable bonds is 7. The third kappa shape index (κ3) is 4.81. The second kappa shape index (κ2) is 8.62. The smallest absolute Gasteiger partial charge is 0.246 e. The summed E-state index contributed by atoms with van der Waals surface area (Å²) >= 11 is 7.53. The molecular weight excluding hydrogens is 368 g/mol. The summed E-state index contributed by atoms with van der Waals surface area (Å²) in [5.74, 6) is 0.115. The highest BCUT2D eigenvalue weighted by molar-refractivity contribution is 7.18. The molecule has 1 atom stereocenters. The van der Waals surface area contributed by atoms with E-state index in [9.17, 15) is 4.79 Å². The molecule has 1 heterocycles. The van der Waals surface area contributed by atoms with Gasteiger partial charge in [-0.2, -0.15) is 0 Å². The number of hydrogen-bond donors (Lipinski definition) is 1. The van der Waals surface area contributed by atoms with Gasteiger partial charge in [-0.25, -0.2) is 4.98 Å². The van der Waals surface area contributed by atoms with Crippen LogP contribution >= 0.6 is 22.9 Å². The molecule has 136 valence electrons. The highest BCUT2D eigenvalue weighted by atomic mass is 35.5. The molecule has 6 heteroatoms. The number of aromatic nitrogens is 1. The fourth-order valence-corrected chi connectivity index (χ4v) is 3.76. The Bertz CT molecular complexity index is 844. The predicted octanol–water partition coefficient (Wildman–Crippen LogP) is 4.98. The molecule has 0 spiro atoms. The monoisotopic (exact) mass is 388 g/mol. The first-order chi connectivity index (χ1) is 12.5.